The lowest BCUT2D eigenvalue weighted by molar-refractivity contribution is 0.392. The largest absolute Gasteiger partial charge is 0.361 e. The van der Waals surface area contributed by atoms with Gasteiger partial charge < -0.3 is 9.84 Å². The molecule has 2 aromatic rings. The van der Waals surface area contributed by atoms with Crippen LogP contribution >= 0.6 is 0 Å². The van der Waals surface area contributed by atoms with Crippen LogP contribution in [-0.4, -0.2) is 20.1 Å². The Bertz CT molecular complexity index is 695. The molecule has 0 saturated carbocycles. The second kappa shape index (κ2) is 6.73. The van der Waals surface area contributed by atoms with E-state index < -0.39 is 10.0 Å². The molecule has 2 N–H and O–H groups in total. The van der Waals surface area contributed by atoms with E-state index in [1.807, 2.05) is 25.1 Å². The summed E-state index contributed by atoms with van der Waals surface area (Å²) in [5.41, 5.74) is 1.96. The second-order valence-electron chi connectivity index (χ2n) is 4.77. The standard InChI is InChI=1S/C14H19N3O3S/c1-3-15-9-12-5-4-6-13(8-12)17-21(18,19)10-14-7-11(2)20-16-14/h4-8,15,17H,3,9-10H2,1-2H3. The highest BCUT2D eigenvalue weighted by Gasteiger charge is 2.14. The molecule has 1 aromatic carbocycles. The predicted octanol–water partition coefficient (Wildman–Crippen LogP) is 2.03. The van der Waals surface area contributed by atoms with Crippen molar-refractivity contribution in [3.63, 3.8) is 0 Å². The van der Waals surface area contributed by atoms with E-state index in [2.05, 4.69) is 15.2 Å². The molecule has 0 spiro atoms. The van der Waals surface area contributed by atoms with Gasteiger partial charge in [0, 0.05) is 18.3 Å². The van der Waals surface area contributed by atoms with Gasteiger partial charge in [-0.2, -0.15) is 0 Å². The van der Waals surface area contributed by atoms with E-state index in [0.717, 1.165) is 12.1 Å². The molecule has 1 aromatic heterocycles. The topological polar surface area (TPSA) is 84.2 Å². The maximum Gasteiger partial charge on any atom is 0.238 e. The summed E-state index contributed by atoms with van der Waals surface area (Å²) in [5.74, 6) is 0.384. The number of sulfonamides is 1. The smallest absolute Gasteiger partial charge is 0.238 e. The van der Waals surface area contributed by atoms with Crippen molar-refractivity contribution >= 4 is 15.7 Å². The van der Waals surface area contributed by atoms with Gasteiger partial charge in [0.1, 0.15) is 17.2 Å². The predicted molar refractivity (Wildman–Crippen MR) is 81.3 cm³/mol. The van der Waals surface area contributed by atoms with Crippen molar-refractivity contribution in [1.29, 1.82) is 0 Å². The van der Waals surface area contributed by atoms with Gasteiger partial charge in [-0.1, -0.05) is 24.2 Å². The van der Waals surface area contributed by atoms with Crippen molar-refractivity contribution in [2.24, 2.45) is 0 Å². The molecule has 0 saturated heterocycles. The molecule has 2 rings (SSSR count). The van der Waals surface area contributed by atoms with E-state index in [1.54, 1.807) is 19.1 Å². The van der Waals surface area contributed by atoms with Gasteiger partial charge in [-0.15, -0.1) is 0 Å². The molecule has 0 amide bonds. The Labute approximate surface area is 124 Å². The van der Waals surface area contributed by atoms with Crippen LogP contribution in [0.1, 0.15) is 23.9 Å². The molecule has 0 unspecified atom stereocenters. The Balaban J connectivity index is 2.05. The lowest BCUT2D eigenvalue weighted by atomic mass is 10.2. The van der Waals surface area contributed by atoms with Crippen molar-refractivity contribution in [3.8, 4) is 0 Å². The van der Waals surface area contributed by atoms with E-state index in [9.17, 15) is 8.42 Å². The lowest BCUT2D eigenvalue weighted by Crippen LogP contribution is -2.16. The number of nitrogens with zero attached hydrogens (tertiary/aromatic N) is 1. The number of anilines is 1. The van der Waals surface area contributed by atoms with Crippen molar-refractivity contribution in [2.75, 3.05) is 11.3 Å². The Kier molecular flexibility index (Phi) is 4.98. The molecule has 1 heterocycles. The highest BCUT2D eigenvalue weighted by atomic mass is 32.2. The number of benzene rings is 1. The van der Waals surface area contributed by atoms with E-state index in [1.165, 1.54) is 0 Å². The quantitative estimate of drug-likeness (QED) is 0.817. The van der Waals surface area contributed by atoms with E-state index in [-0.39, 0.29) is 5.75 Å². The van der Waals surface area contributed by atoms with Crippen LogP contribution in [0.3, 0.4) is 0 Å². The normalized spacial score (nSPS) is 11.5. The van der Waals surface area contributed by atoms with Crippen LogP contribution in [0.15, 0.2) is 34.9 Å². The van der Waals surface area contributed by atoms with Gasteiger partial charge in [-0.05, 0) is 31.2 Å². The van der Waals surface area contributed by atoms with Crippen LogP contribution in [0, 0.1) is 6.92 Å². The average Bonchev–Trinajstić information content (AvgIpc) is 2.80. The summed E-state index contributed by atoms with van der Waals surface area (Å²) in [6.45, 7) is 5.31. The molecule has 0 bridgehead atoms. The van der Waals surface area contributed by atoms with Crippen molar-refractivity contribution in [1.82, 2.24) is 10.5 Å². The van der Waals surface area contributed by atoms with Crippen molar-refractivity contribution in [3.05, 3.63) is 47.3 Å². The number of aryl methyl sites for hydroxylation is 1. The van der Waals surface area contributed by atoms with Crippen LogP contribution in [-0.2, 0) is 22.3 Å². The molecule has 0 aliphatic rings. The Morgan fingerprint density at radius 3 is 2.76 bits per heavy atom. The van der Waals surface area contributed by atoms with Crippen LogP contribution in [0.25, 0.3) is 0 Å². The van der Waals surface area contributed by atoms with Gasteiger partial charge in [0.25, 0.3) is 0 Å². The minimum atomic E-state index is -3.50. The highest BCUT2D eigenvalue weighted by Crippen LogP contribution is 2.15. The molecular weight excluding hydrogens is 290 g/mol. The number of rotatable bonds is 7. The Morgan fingerprint density at radius 2 is 2.10 bits per heavy atom. The van der Waals surface area contributed by atoms with Gasteiger partial charge in [-0.25, -0.2) is 8.42 Å². The maximum atomic E-state index is 12.1. The van der Waals surface area contributed by atoms with Crippen LogP contribution < -0.4 is 10.0 Å². The van der Waals surface area contributed by atoms with E-state index in [4.69, 9.17) is 4.52 Å². The fourth-order valence-corrected chi connectivity index (χ4v) is 2.99. The first-order valence-corrected chi connectivity index (χ1v) is 8.36. The maximum absolute atomic E-state index is 12.1. The summed E-state index contributed by atoms with van der Waals surface area (Å²) >= 11 is 0. The second-order valence-corrected chi connectivity index (χ2v) is 6.49. The van der Waals surface area contributed by atoms with Gasteiger partial charge >= 0.3 is 0 Å². The van der Waals surface area contributed by atoms with Gasteiger partial charge in [-0.3, -0.25) is 4.72 Å². The summed E-state index contributed by atoms with van der Waals surface area (Å²) in [5, 5.41) is 6.89. The van der Waals surface area contributed by atoms with Gasteiger partial charge in [0.05, 0.1) is 0 Å². The third-order valence-corrected chi connectivity index (χ3v) is 4.02. The third-order valence-electron chi connectivity index (χ3n) is 2.79. The van der Waals surface area contributed by atoms with Crippen molar-refractivity contribution < 1.29 is 12.9 Å². The number of nitrogens with one attached hydrogen (secondary N) is 2. The Morgan fingerprint density at radius 1 is 1.29 bits per heavy atom. The fraction of sp³-hybridized carbons (Fsp3) is 0.357. The van der Waals surface area contributed by atoms with Gasteiger partial charge in [0.15, 0.2) is 0 Å². The SMILES string of the molecule is CCNCc1cccc(NS(=O)(=O)Cc2cc(C)on2)c1. The molecule has 0 fully saturated rings. The summed E-state index contributed by atoms with van der Waals surface area (Å²) in [4.78, 5) is 0. The highest BCUT2D eigenvalue weighted by molar-refractivity contribution is 7.91. The van der Waals surface area contributed by atoms with Gasteiger partial charge in [0.2, 0.25) is 10.0 Å². The number of hydrogen-bond acceptors (Lipinski definition) is 5. The molecule has 0 radical (unpaired) electrons. The van der Waals surface area contributed by atoms with Crippen LogP contribution in [0.5, 0.6) is 0 Å². The van der Waals surface area contributed by atoms with Crippen LogP contribution in [0.4, 0.5) is 5.69 Å². The molecule has 114 valence electrons. The van der Waals surface area contributed by atoms with Crippen LogP contribution in [0.2, 0.25) is 0 Å². The monoisotopic (exact) mass is 309 g/mol. The summed E-state index contributed by atoms with van der Waals surface area (Å²) in [6, 6.07) is 8.92. The summed E-state index contributed by atoms with van der Waals surface area (Å²) < 4.78 is 31.6. The van der Waals surface area contributed by atoms with E-state index >= 15 is 0 Å². The number of hydrogen-bond donors (Lipinski definition) is 2. The molecule has 0 aliphatic heterocycles. The molecule has 21 heavy (non-hydrogen) atoms. The summed E-state index contributed by atoms with van der Waals surface area (Å²) in [6.07, 6.45) is 0. The van der Waals surface area contributed by atoms with E-state index in [0.29, 0.717) is 23.7 Å². The molecule has 6 nitrogen and oxygen atoms in total. The van der Waals surface area contributed by atoms with Crippen molar-refractivity contribution in [2.45, 2.75) is 26.1 Å². The lowest BCUT2D eigenvalue weighted by Gasteiger charge is -2.08. The Hall–Kier alpha value is -1.86. The zero-order valence-electron chi connectivity index (χ0n) is 12.1. The molecule has 0 aliphatic carbocycles. The first-order chi connectivity index (χ1) is 9.98. The average molecular weight is 309 g/mol. The first-order valence-electron chi connectivity index (χ1n) is 6.71. The molecule has 7 heteroatoms. The third kappa shape index (κ3) is 4.87. The minimum absolute atomic E-state index is 0.207. The summed E-state index contributed by atoms with van der Waals surface area (Å²) in [7, 11) is -3.50. The fourth-order valence-electron chi connectivity index (χ4n) is 1.91. The zero-order valence-corrected chi connectivity index (χ0v) is 12.9. The number of aromatic nitrogens is 1. The molecular formula is C14H19N3O3S. The first kappa shape index (κ1) is 15.5. The zero-order chi connectivity index (χ0) is 15.3. The molecule has 0 atom stereocenters. The minimum Gasteiger partial charge on any atom is -0.361 e.